The summed E-state index contributed by atoms with van der Waals surface area (Å²) in [6.07, 6.45) is 2.82. The van der Waals surface area contributed by atoms with Gasteiger partial charge in [0.1, 0.15) is 17.5 Å². The van der Waals surface area contributed by atoms with E-state index < -0.39 is 17.5 Å². The lowest BCUT2D eigenvalue weighted by Gasteiger charge is -2.24. The first-order valence-electron chi connectivity index (χ1n) is 9.48. The Kier molecular flexibility index (Phi) is 4.25. The van der Waals surface area contributed by atoms with E-state index in [-0.39, 0.29) is 17.3 Å². The van der Waals surface area contributed by atoms with Crippen molar-refractivity contribution in [2.24, 2.45) is 5.41 Å². The molecule has 1 N–H and O–H groups in total. The predicted octanol–water partition coefficient (Wildman–Crippen LogP) is 3.41. The number of carbonyl (C=O) groups is 2. The van der Waals surface area contributed by atoms with Crippen LogP contribution < -0.4 is 19.7 Å². The maximum atomic E-state index is 12.7. The number of anilines is 1. The van der Waals surface area contributed by atoms with E-state index in [2.05, 4.69) is 29.1 Å². The highest BCUT2D eigenvalue weighted by molar-refractivity contribution is 6.21. The number of carbonyl (C=O) groups excluding carboxylic acids is 2. The molecule has 1 saturated heterocycles. The number of benzene rings is 1. The number of hydrogen-bond acceptors (Lipinski definition) is 6. The fraction of sp³-hybridized carbons (Fsp3) is 0.429. The minimum absolute atomic E-state index is 0.129. The number of imide groups is 1. The van der Waals surface area contributed by atoms with Gasteiger partial charge in [0.05, 0.1) is 24.7 Å². The molecule has 3 heterocycles. The molecular formula is C21H24N4O4. The van der Waals surface area contributed by atoms with Crippen molar-refractivity contribution in [3.8, 4) is 17.5 Å². The Bertz CT molecular complexity index is 979. The van der Waals surface area contributed by atoms with Crippen LogP contribution in [0.2, 0.25) is 0 Å². The van der Waals surface area contributed by atoms with E-state index in [0.29, 0.717) is 18.0 Å². The van der Waals surface area contributed by atoms with E-state index in [9.17, 15) is 9.59 Å². The summed E-state index contributed by atoms with van der Waals surface area (Å²) in [6.45, 7) is 10.4. The Morgan fingerprint density at radius 3 is 2.52 bits per heavy atom. The molecule has 152 valence electrons. The molecule has 0 aliphatic carbocycles. The Balaban J connectivity index is 1.57. The van der Waals surface area contributed by atoms with Gasteiger partial charge in [-0.3, -0.25) is 4.79 Å². The van der Waals surface area contributed by atoms with Crippen LogP contribution in [0.15, 0.2) is 30.6 Å². The molecule has 1 aromatic heterocycles. The lowest BCUT2D eigenvalue weighted by Crippen LogP contribution is -2.41. The minimum atomic E-state index is -0.597. The molecule has 1 atom stereocenters. The van der Waals surface area contributed by atoms with Gasteiger partial charge in [-0.25, -0.2) is 19.7 Å². The summed E-state index contributed by atoms with van der Waals surface area (Å²) in [5.41, 5.74) is 0.685. The number of nitrogens with zero attached hydrogens (tertiary/aromatic N) is 3. The molecule has 0 unspecified atom stereocenters. The molecule has 0 spiro atoms. The van der Waals surface area contributed by atoms with Crippen LogP contribution >= 0.6 is 0 Å². The molecule has 2 aliphatic rings. The Morgan fingerprint density at radius 1 is 1.21 bits per heavy atom. The summed E-state index contributed by atoms with van der Waals surface area (Å²) in [6, 6.07) is 4.66. The van der Waals surface area contributed by atoms with Crippen LogP contribution in [0.25, 0.3) is 0 Å². The van der Waals surface area contributed by atoms with Gasteiger partial charge >= 0.3 is 12.0 Å². The lowest BCUT2D eigenvalue weighted by atomic mass is 9.86. The number of hydrogen-bond donors (Lipinski definition) is 1. The summed E-state index contributed by atoms with van der Waals surface area (Å²) >= 11 is 0. The molecular weight excluding hydrogens is 372 g/mol. The molecule has 0 bridgehead atoms. The molecule has 2 aromatic rings. The first-order chi connectivity index (χ1) is 13.6. The van der Waals surface area contributed by atoms with Gasteiger partial charge in [-0.2, -0.15) is 0 Å². The molecule has 4 rings (SSSR count). The second-order valence-electron chi connectivity index (χ2n) is 9.05. The fourth-order valence-electron chi connectivity index (χ4n) is 3.60. The third kappa shape index (κ3) is 3.28. The lowest BCUT2D eigenvalue weighted by molar-refractivity contribution is -0.120. The Hall–Kier alpha value is -3.16. The first-order valence-corrected chi connectivity index (χ1v) is 9.48. The molecule has 0 radical (unpaired) electrons. The average molecular weight is 396 g/mol. The fourth-order valence-corrected chi connectivity index (χ4v) is 3.60. The molecule has 29 heavy (non-hydrogen) atoms. The van der Waals surface area contributed by atoms with Gasteiger partial charge in [0.25, 0.3) is 5.91 Å². The van der Waals surface area contributed by atoms with Crippen LogP contribution in [0, 0.1) is 5.41 Å². The zero-order valence-corrected chi connectivity index (χ0v) is 17.1. The van der Waals surface area contributed by atoms with Crippen molar-refractivity contribution in [1.29, 1.82) is 0 Å². The van der Waals surface area contributed by atoms with Crippen LogP contribution in [0.5, 0.6) is 17.5 Å². The molecule has 1 fully saturated rings. The number of nitrogens with one attached hydrogen (secondary N) is 1. The molecule has 0 saturated carbocycles. The van der Waals surface area contributed by atoms with Crippen LogP contribution in [0.1, 0.15) is 40.2 Å². The van der Waals surface area contributed by atoms with Crippen LogP contribution in [-0.2, 0) is 10.2 Å². The predicted molar refractivity (Wildman–Crippen MR) is 106 cm³/mol. The van der Waals surface area contributed by atoms with Gasteiger partial charge in [0, 0.05) is 11.0 Å². The topological polar surface area (TPSA) is 93.7 Å². The van der Waals surface area contributed by atoms with Crippen molar-refractivity contribution in [2.45, 2.75) is 46.1 Å². The van der Waals surface area contributed by atoms with E-state index in [0.717, 1.165) is 16.2 Å². The number of rotatable bonds is 3. The van der Waals surface area contributed by atoms with E-state index in [4.69, 9.17) is 9.47 Å². The maximum absolute atomic E-state index is 12.7. The third-order valence-corrected chi connectivity index (χ3v) is 5.13. The Morgan fingerprint density at radius 2 is 1.90 bits per heavy atom. The second-order valence-corrected chi connectivity index (χ2v) is 9.05. The van der Waals surface area contributed by atoms with E-state index in [1.54, 1.807) is 0 Å². The molecule has 8 heteroatoms. The zero-order chi connectivity index (χ0) is 21.0. The van der Waals surface area contributed by atoms with Crippen molar-refractivity contribution in [1.82, 2.24) is 15.3 Å². The summed E-state index contributed by atoms with van der Waals surface area (Å²) in [5.74, 6) is 1.09. The van der Waals surface area contributed by atoms with E-state index >= 15 is 0 Å². The van der Waals surface area contributed by atoms with Gasteiger partial charge in [-0.1, -0.05) is 40.7 Å². The standard InChI is InChI=1S/C21H24N4O4/c1-20(2,3)16-17(26)25(19(27)24-16)12-9-22-18(23-10-12)29-14-8-6-7-13-15(14)21(4,5)11-28-13/h6-10,16H,11H2,1-5H3,(H,24,27)/t16-/m0/s1. The van der Waals surface area contributed by atoms with Crippen molar-refractivity contribution in [2.75, 3.05) is 11.5 Å². The van der Waals surface area contributed by atoms with Crippen LogP contribution in [0.4, 0.5) is 10.5 Å². The maximum Gasteiger partial charge on any atom is 0.329 e. The SMILES string of the molecule is CC1(C)COc2cccc(Oc3ncc(N4C(=O)N[C@H](C(C)(C)C)C4=O)cn3)c21. The molecule has 3 amide bonds. The van der Waals surface area contributed by atoms with Crippen molar-refractivity contribution in [3.05, 3.63) is 36.2 Å². The van der Waals surface area contributed by atoms with Gasteiger partial charge < -0.3 is 14.8 Å². The second kappa shape index (κ2) is 6.43. The van der Waals surface area contributed by atoms with Gasteiger partial charge in [-0.15, -0.1) is 0 Å². The minimum Gasteiger partial charge on any atom is -0.492 e. The molecule has 2 aliphatic heterocycles. The number of urea groups is 1. The molecule has 8 nitrogen and oxygen atoms in total. The number of amides is 3. The Labute approximate surface area is 169 Å². The summed E-state index contributed by atoms with van der Waals surface area (Å²) in [4.78, 5) is 34.5. The summed E-state index contributed by atoms with van der Waals surface area (Å²) < 4.78 is 11.6. The highest BCUT2D eigenvalue weighted by Gasteiger charge is 2.45. The third-order valence-electron chi connectivity index (χ3n) is 5.13. The van der Waals surface area contributed by atoms with E-state index in [1.807, 2.05) is 39.0 Å². The monoisotopic (exact) mass is 396 g/mol. The number of ether oxygens (including phenoxy) is 2. The average Bonchev–Trinajstić information content (AvgIpc) is 3.12. The van der Waals surface area contributed by atoms with Crippen LogP contribution in [-0.4, -0.2) is 34.6 Å². The quantitative estimate of drug-likeness (QED) is 0.799. The van der Waals surface area contributed by atoms with Gasteiger partial charge in [-0.05, 0) is 17.5 Å². The van der Waals surface area contributed by atoms with Crippen molar-refractivity contribution < 1.29 is 19.1 Å². The van der Waals surface area contributed by atoms with Crippen LogP contribution in [0.3, 0.4) is 0 Å². The normalized spacial score (nSPS) is 20.3. The smallest absolute Gasteiger partial charge is 0.329 e. The van der Waals surface area contributed by atoms with Gasteiger partial charge in [0.2, 0.25) is 0 Å². The number of fused-ring (bicyclic) bond motifs is 1. The summed E-state index contributed by atoms with van der Waals surface area (Å²) in [7, 11) is 0. The molecule has 1 aromatic carbocycles. The zero-order valence-electron chi connectivity index (χ0n) is 17.1. The largest absolute Gasteiger partial charge is 0.492 e. The summed E-state index contributed by atoms with van der Waals surface area (Å²) in [5, 5.41) is 2.72. The highest BCUT2D eigenvalue weighted by Crippen LogP contribution is 2.45. The highest BCUT2D eigenvalue weighted by atomic mass is 16.5. The van der Waals surface area contributed by atoms with Crippen molar-refractivity contribution >= 4 is 17.6 Å². The van der Waals surface area contributed by atoms with E-state index in [1.165, 1.54) is 12.4 Å². The van der Waals surface area contributed by atoms with Gasteiger partial charge in [0.15, 0.2) is 0 Å². The number of aromatic nitrogens is 2. The first kappa shape index (κ1) is 19.2. The van der Waals surface area contributed by atoms with Crippen molar-refractivity contribution in [3.63, 3.8) is 0 Å².